The Bertz CT molecular complexity index is 1560. The minimum absolute atomic E-state index is 0.0255. The molecule has 3 aromatic carbocycles. The van der Waals surface area contributed by atoms with E-state index in [1.807, 2.05) is 0 Å². The van der Waals surface area contributed by atoms with Crippen molar-refractivity contribution in [2.45, 2.75) is 29.6 Å². The number of fused-ring (bicyclic) bond motifs is 2. The molecule has 0 aliphatic carbocycles. The van der Waals surface area contributed by atoms with Gasteiger partial charge in [-0.2, -0.15) is 26.0 Å². The first-order valence-corrected chi connectivity index (χ1v) is 13.4. The van der Waals surface area contributed by atoms with Crippen LogP contribution < -0.4 is 14.4 Å². The number of ether oxygens (including phenoxy) is 3. The molecule has 3 atom stereocenters. The van der Waals surface area contributed by atoms with Gasteiger partial charge in [-0.3, -0.25) is 0 Å². The number of aliphatic hydroxyl groups is 1. The molecule has 1 N–H and O–H groups in total. The first-order valence-electron chi connectivity index (χ1n) is 11.9. The fourth-order valence-electron chi connectivity index (χ4n) is 4.51. The molecule has 15 heteroatoms. The van der Waals surface area contributed by atoms with Crippen LogP contribution in [0.3, 0.4) is 0 Å². The highest BCUT2D eigenvalue weighted by Gasteiger charge is 2.41. The SMILES string of the molecule is O=S(=O)(N=CC1COC[C@H](N2c3ccccc3Oc3ccc(C(F)(F)F)cc32)[C@H]1O)c1ccc(OC(F)(F)F)cc1. The average Bonchev–Trinajstić information content (AvgIpc) is 2.90. The van der Waals surface area contributed by atoms with Crippen LogP contribution in [0, 0.1) is 5.92 Å². The van der Waals surface area contributed by atoms with Crippen LogP contribution in [0.1, 0.15) is 5.56 Å². The topological polar surface area (TPSA) is 97.7 Å². The van der Waals surface area contributed by atoms with Crippen LogP contribution in [-0.2, 0) is 20.9 Å². The van der Waals surface area contributed by atoms with E-state index >= 15 is 0 Å². The first-order chi connectivity index (χ1) is 19.2. The van der Waals surface area contributed by atoms with E-state index in [0.717, 1.165) is 42.6 Å². The molecule has 0 radical (unpaired) electrons. The number of rotatable bonds is 5. The Labute approximate surface area is 229 Å². The van der Waals surface area contributed by atoms with Crippen molar-refractivity contribution in [2.24, 2.45) is 10.3 Å². The lowest BCUT2D eigenvalue weighted by atomic mass is 9.93. The summed E-state index contributed by atoms with van der Waals surface area (Å²) in [5.74, 6) is -1.21. The van der Waals surface area contributed by atoms with Crippen molar-refractivity contribution in [3.8, 4) is 17.2 Å². The fourth-order valence-corrected chi connectivity index (χ4v) is 5.43. The smallest absolute Gasteiger partial charge is 0.453 e. The maximum Gasteiger partial charge on any atom is 0.573 e. The van der Waals surface area contributed by atoms with Crippen LogP contribution in [0.15, 0.2) is 76.0 Å². The molecular formula is C26H20F6N2O6S. The fraction of sp³-hybridized carbons (Fsp3) is 0.269. The second-order valence-corrected chi connectivity index (χ2v) is 10.8. The Morgan fingerprint density at radius 3 is 2.29 bits per heavy atom. The largest absolute Gasteiger partial charge is 0.573 e. The van der Waals surface area contributed by atoms with Gasteiger partial charge >= 0.3 is 12.5 Å². The number of aliphatic hydroxyl groups excluding tert-OH is 1. The van der Waals surface area contributed by atoms with Crippen molar-refractivity contribution in [3.63, 3.8) is 0 Å². The molecule has 1 unspecified atom stereocenters. The number of hydrogen-bond donors (Lipinski definition) is 1. The van der Waals surface area contributed by atoms with E-state index in [-0.39, 0.29) is 24.7 Å². The highest BCUT2D eigenvalue weighted by molar-refractivity contribution is 7.90. The predicted octanol–water partition coefficient (Wildman–Crippen LogP) is 5.68. The number of para-hydroxylation sites is 2. The molecule has 2 aliphatic heterocycles. The Morgan fingerprint density at radius 1 is 0.927 bits per heavy atom. The predicted molar refractivity (Wildman–Crippen MR) is 133 cm³/mol. The zero-order valence-electron chi connectivity index (χ0n) is 20.6. The molecule has 0 saturated carbocycles. The van der Waals surface area contributed by atoms with Gasteiger partial charge in [0.2, 0.25) is 0 Å². The van der Waals surface area contributed by atoms with E-state index in [4.69, 9.17) is 9.47 Å². The second kappa shape index (κ2) is 10.5. The molecule has 41 heavy (non-hydrogen) atoms. The monoisotopic (exact) mass is 602 g/mol. The Morgan fingerprint density at radius 2 is 1.61 bits per heavy atom. The summed E-state index contributed by atoms with van der Waals surface area (Å²) in [6.07, 6.45) is -10.0. The molecule has 0 bridgehead atoms. The lowest BCUT2D eigenvalue weighted by Gasteiger charge is -2.44. The maximum atomic E-state index is 13.5. The summed E-state index contributed by atoms with van der Waals surface area (Å²) in [6.45, 7) is -0.278. The number of hydrogen-bond acceptors (Lipinski definition) is 7. The molecule has 8 nitrogen and oxygen atoms in total. The van der Waals surface area contributed by atoms with E-state index < -0.39 is 56.8 Å². The second-order valence-electron chi connectivity index (χ2n) is 9.13. The van der Waals surface area contributed by atoms with Crippen LogP contribution in [0.4, 0.5) is 37.7 Å². The third-order valence-corrected chi connectivity index (χ3v) is 7.67. The molecule has 218 valence electrons. The summed E-state index contributed by atoms with van der Waals surface area (Å²) in [4.78, 5) is 1.03. The summed E-state index contributed by atoms with van der Waals surface area (Å²) >= 11 is 0. The third kappa shape index (κ3) is 6.11. The maximum absolute atomic E-state index is 13.5. The van der Waals surface area contributed by atoms with Gasteiger partial charge in [-0.25, -0.2) is 0 Å². The molecule has 2 aliphatic rings. The number of halogens is 6. The van der Waals surface area contributed by atoms with Gasteiger partial charge in [0.1, 0.15) is 5.75 Å². The number of benzene rings is 3. The van der Waals surface area contributed by atoms with Crippen molar-refractivity contribution in [2.75, 3.05) is 18.1 Å². The highest BCUT2D eigenvalue weighted by Crippen LogP contribution is 2.50. The summed E-state index contributed by atoms with van der Waals surface area (Å²) in [5, 5.41) is 11.3. The molecule has 2 heterocycles. The molecule has 1 saturated heterocycles. The van der Waals surface area contributed by atoms with Crippen LogP contribution in [0.2, 0.25) is 0 Å². The van der Waals surface area contributed by atoms with Crippen LogP contribution in [0.25, 0.3) is 0 Å². The molecule has 0 aromatic heterocycles. The van der Waals surface area contributed by atoms with Gasteiger partial charge in [0.15, 0.2) is 11.5 Å². The Hall–Kier alpha value is -3.82. The lowest BCUT2D eigenvalue weighted by molar-refractivity contribution is -0.274. The van der Waals surface area contributed by atoms with Gasteiger partial charge in [0.05, 0.1) is 47.2 Å². The quantitative estimate of drug-likeness (QED) is 0.296. The van der Waals surface area contributed by atoms with Crippen molar-refractivity contribution < 1.29 is 54.1 Å². The number of alkyl halides is 6. The Balaban J connectivity index is 1.43. The molecular weight excluding hydrogens is 582 g/mol. The van der Waals surface area contributed by atoms with Crippen molar-refractivity contribution in [1.82, 2.24) is 0 Å². The summed E-state index contributed by atoms with van der Waals surface area (Å²) in [5.41, 5.74) is -0.554. The van der Waals surface area contributed by atoms with Crippen LogP contribution in [0.5, 0.6) is 17.2 Å². The van der Waals surface area contributed by atoms with Crippen molar-refractivity contribution >= 4 is 27.6 Å². The van der Waals surface area contributed by atoms with Gasteiger partial charge in [-0.1, -0.05) is 12.1 Å². The molecule has 0 spiro atoms. The molecule has 5 rings (SSSR count). The molecule has 1 fully saturated rings. The van der Waals surface area contributed by atoms with Gasteiger partial charge in [-0.05, 0) is 54.6 Å². The van der Waals surface area contributed by atoms with Gasteiger partial charge < -0.3 is 24.2 Å². The number of nitrogens with zero attached hydrogens (tertiary/aromatic N) is 2. The highest BCUT2D eigenvalue weighted by atomic mass is 32.2. The van der Waals surface area contributed by atoms with E-state index in [1.54, 1.807) is 24.3 Å². The van der Waals surface area contributed by atoms with E-state index in [2.05, 4.69) is 9.13 Å². The zero-order chi connectivity index (χ0) is 29.6. The minimum atomic E-state index is -4.96. The summed E-state index contributed by atoms with van der Waals surface area (Å²) in [7, 11) is -4.40. The number of anilines is 2. The average molecular weight is 603 g/mol. The zero-order valence-corrected chi connectivity index (χ0v) is 21.4. The first kappa shape index (κ1) is 28.7. The van der Waals surface area contributed by atoms with E-state index in [0.29, 0.717) is 11.4 Å². The van der Waals surface area contributed by atoms with Gasteiger partial charge in [-0.15, -0.1) is 13.2 Å². The van der Waals surface area contributed by atoms with E-state index in [9.17, 15) is 39.9 Å². The molecule has 0 amide bonds. The Kier molecular flexibility index (Phi) is 7.38. The van der Waals surface area contributed by atoms with Crippen LogP contribution in [-0.4, -0.2) is 51.5 Å². The van der Waals surface area contributed by atoms with E-state index in [1.165, 1.54) is 11.0 Å². The lowest BCUT2D eigenvalue weighted by Crippen LogP contribution is -2.53. The molecule has 3 aromatic rings. The summed E-state index contributed by atoms with van der Waals surface area (Å²) in [6, 6.07) is 11.9. The van der Waals surface area contributed by atoms with Gasteiger partial charge in [0, 0.05) is 12.1 Å². The minimum Gasteiger partial charge on any atom is -0.453 e. The standard InChI is InChI=1S/C26H20F6N2O6S/c27-25(28,29)16-5-10-23-20(11-16)34(19-3-1-2-4-22(19)39-23)21-14-38-13-15(24(21)35)12-33-41(36,37)18-8-6-17(7-9-18)40-26(30,31)32/h1-12,15,21,24,35H,13-14H2/t15?,21-,24-/m0/s1. The van der Waals surface area contributed by atoms with Crippen molar-refractivity contribution in [1.29, 1.82) is 0 Å². The normalized spacial score (nSPS) is 21.2. The van der Waals surface area contributed by atoms with Crippen molar-refractivity contribution in [3.05, 3.63) is 72.3 Å². The van der Waals surface area contributed by atoms with Crippen LogP contribution >= 0.6 is 0 Å². The van der Waals surface area contributed by atoms with Gasteiger partial charge in [0.25, 0.3) is 10.0 Å². The number of sulfonamides is 1. The summed E-state index contributed by atoms with van der Waals surface area (Å²) < 4.78 is 122. The third-order valence-electron chi connectivity index (χ3n) is 6.40.